The molecule has 0 aromatic carbocycles. The summed E-state index contributed by atoms with van der Waals surface area (Å²) in [6.45, 7) is 4.97. The van der Waals surface area contributed by atoms with Crippen molar-refractivity contribution in [2.24, 2.45) is 5.92 Å². The fourth-order valence-electron chi connectivity index (χ4n) is 2.68. The molecule has 1 aromatic rings. The number of amides is 1. The molecule has 1 amide bonds. The van der Waals surface area contributed by atoms with Gasteiger partial charge in [-0.1, -0.05) is 13.8 Å². The molecule has 0 saturated carbocycles. The molecule has 1 aliphatic rings. The van der Waals surface area contributed by atoms with E-state index in [4.69, 9.17) is 9.84 Å². The smallest absolute Gasteiger partial charge is 0.306 e. The number of ether oxygens (including phenoxy) is 1. The molecule has 23 heavy (non-hydrogen) atoms. The molecule has 1 fully saturated rings. The molecule has 1 unspecified atom stereocenters. The summed E-state index contributed by atoms with van der Waals surface area (Å²) in [6.07, 6.45) is 0.0288. The Hall–Kier alpha value is -2.15. The highest BCUT2D eigenvalue weighted by Gasteiger charge is 2.27. The predicted octanol–water partition coefficient (Wildman–Crippen LogP) is 0.889. The van der Waals surface area contributed by atoms with Gasteiger partial charge >= 0.3 is 5.97 Å². The first-order valence-electron chi connectivity index (χ1n) is 7.71. The molecular weight excluding hydrogens is 300 g/mol. The van der Waals surface area contributed by atoms with Crippen molar-refractivity contribution >= 4 is 11.9 Å². The Morgan fingerprint density at radius 3 is 2.83 bits per heavy atom. The van der Waals surface area contributed by atoms with Crippen LogP contribution < -0.4 is 5.56 Å². The van der Waals surface area contributed by atoms with Gasteiger partial charge < -0.3 is 19.7 Å². The summed E-state index contributed by atoms with van der Waals surface area (Å²) in [6, 6.07) is 2.99. The summed E-state index contributed by atoms with van der Waals surface area (Å²) in [5.74, 6) is -0.862. The zero-order valence-corrected chi connectivity index (χ0v) is 13.4. The Bertz CT molecular complexity index is 638. The van der Waals surface area contributed by atoms with Crippen LogP contribution in [-0.4, -0.2) is 52.7 Å². The lowest BCUT2D eigenvalue weighted by Crippen LogP contribution is -2.46. The number of aromatic nitrogens is 1. The van der Waals surface area contributed by atoms with Gasteiger partial charge in [-0.15, -0.1) is 0 Å². The van der Waals surface area contributed by atoms with Gasteiger partial charge in [-0.2, -0.15) is 0 Å². The van der Waals surface area contributed by atoms with E-state index in [9.17, 15) is 14.4 Å². The molecule has 2 rings (SSSR count). The molecule has 1 atom stereocenters. The number of carboxylic acid groups (broad SMARTS) is 1. The second-order valence-corrected chi connectivity index (χ2v) is 6.20. The third-order valence-corrected chi connectivity index (χ3v) is 3.60. The minimum atomic E-state index is -0.959. The molecule has 1 aromatic heterocycles. The minimum absolute atomic E-state index is 0.141. The Kier molecular flexibility index (Phi) is 5.54. The number of hydrogen-bond donors (Lipinski definition) is 2. The van der Waals surface area contributed by atoms with E-state index in [1.54, 1.807) is 11.0 Å². The number of carboxylic acids is 1. The molecule has 1 aliphatic heterocycles. The van der Waals surface area contributed by atoms with E-state index in [1.165, 1.54) is 6.07 Å². The first-order chi connectivity index (χ1) is 10.8. The number of pyridine rings is 1. The topological polar surface area (TPSA) is 99.7 Å². The number of carbonyl (C=O) groups excluding carboxylic acids is 1. The number of aliphatic carboxylic acids is 1. The average molecular weight is 322 g/mol. The van der Waals surface area contributed by atoms with Gasteiger partial charge in [0.15, 0.2) is 0 Å². The van der Waals surface area contributed by atoms with Crippen molar-refractivity contribution in [3.8, 4) is 0 Å². The number of aromatic amines is 1. The first-order valence-corrected chi connectivity index (χ1v) is 7.71. The normalized spacial score (nSPS) is 18.2. The summed E-state index contributed by atoms with van der Waals surface area (Å²) >= 11 is 0. The van der Waals surface area contributed by atoms with Crippen molar-refractivity contribution in [1.29, 1.82) is 0 Å². The summed E-state index contributed by atoms with van der Waals surface area (Å²) in [5, 5.41) is 8.84. The van der Waals surface area contributed by atoms with Crippen molar-refractivity contribution in [1.82, 2.24) is 9.88 Å². The van der Waals surface area contributed by atoms with Crippen molar-refractivity contribution in [2.45, 2.75) is 32.8 Å². The average Bonchev–Trinajstić information content (AvgIpc) is 2.44. The lowest BCUT2D eigenvalue weighted by Gasteiger charge is -2.32. The fraction of sp³-hybridized carbons (Fsp3) is 0.562. The van der Waals surface area contributed by atoms with Crippen molar-refractivity contribution in [3.05, 3.63) is 33.7 Å². The van der Waals surface area contributed by atoms with Crippen LogP contribution in [0.5, 0.6) is 0 Å². The molecule has 2 N–H and O–H groups in total. The van der Waals surface area contributed by atoms with Gasteiger partial charge in [-0.05, 0) is 18.4 Å². The summed E-state index contributed by atoms with van der Waals surface area (Å²) in [5.41, 5.74) is 0.758. The van der Waals surface area contributed by atoms with Gasteiger partial charge in [0, 0.05) is 30.4 Å². The van der Waals surface area contributed by atoms with Gasteiger partial charge in [0.2, 0.25) is 5.56 Å². The van der Waals surface area contributed by atoms with Crippen LogP contribution in [0.25, 0.3) is 0 Å². The predicted molar refractivity (Wildman–Crippen MR) is 83.5 cm³/mol. The zero-order chi connectivity index (χ0) is 17.0. The van der Waals surface area contributed by atoms with E-state index in [2.05, 4.69) is 4.98 Å². The second-order valence-electron chi connectivity index (χ2n) is 6.20. The third-order valence-electron chi connectivity index (χ3n) is 3.60. The Labute approximate surface area is 134 Å². The molecule has 7 nitrogen and oxygen atoms in total. The first kappa shape index (κ1) is 17.2. The molecule has 1 saturated heterocycles. The molecular formula is C16H22N2O5. The maximum Gasteiger partial charge on any atom is 0.306 e. The molecule has 0 aliphatic carbocycles. The Morgan fingerprint density at radius 1 is 1.43 bits per heavy atom. The number of nitrogens with zero attached hydrogens (tertiary/aromatic N) is 1. The Balaban J connectivity index is 2.14. The van der Waals surface area contributed by atoms with Gasteiger partial charge in [-0.25, -0.2) is 0 Å². The molecule has 126 valence electrons. The number of nitrogens with one attached hydrogen (secondary N) is 1. The molecule has 0 bridgehead atoms. The maximum atomic E-state index is 12.6. The van der Waals surface area contributed by atoms with E-state index in [1.807, 2.05) is 13.8 Å². The van der Waals surface area contributed by atoms with E-state index < -0.39 is 12.1 Å². The van der Waals surface area contributed by atoms with E-state index in [0.29, 0.717) is 31.1 Å². The fourth-order valence-corrected chi connectivity index (χ4v) is 2.68. The van der Waals surface area contributed by atoms with Crippen LogP contribution in [0.4, 0.5) is 0 Å². The van der Waals surface area contributed by atoms with Crippen LogP contribution in [0, 0.1) is 5.92 Å². The number of H-pyrrole nitrogens is 1. The highest BCUT2D eigenvalue weighted by molar-refractivity contribution is 5.94. The lowest BCUT2D eigenvalue weighted by molar-refractivity contribution is -0.141. The largest absolute Gasteiger partial charge is 0.481 e. The molecule has 0 radical (unpaired) electrons. The SMILES string of the molecule is CC(C)Cc1cc(C(=O)N2CCOC(CC(=O)O)C2)cc(=O)[nH]1. The monoisotopic (exact) mass is 322 g/mol. The van der Waals surface area contributed by atoms with Crippen molar-refractivity contribution in [2.75, 3.05) is 19.7 Å². The number of hydrogen-bond acceptors (Lipinski definition) is 4. The van der Waals surface area contributed by atoms with Crippen molar-refractivity contribution in [3.63, 3.8) is 0 Å². The minimum Gasteiger partial charge on any atom is -0.481 e. The summed E-state index contributed by atoms with van der Waals surface area (Å²) < 4.78 is 5.36. The highest BCUT2D eigenvalue weighted by atomic mass is 16.5. The Morgan fingerprint density at radius 2 is 2.17 bits per heavy atom. The number of morpholine rings is 1. The summed E-state index contributed by atoms with van der Waals surface area (Å²) in [7, 11) is 0. The molecule has 0 spiro atoms. The number of carbonyl (C=O) groups is 2. The van der Waals surface area contributed by atoms with Crippen LogP contribution in [0.3, 0.4) is 0 Å². The van der Waals surface area contributed by atoms with Gasteiger partial charge in [0.1, 0.15) is 0 Å². The number of rotatable bonds is 5. The van der Waals surface area contributed by atoms with Gasteiger partial charge in [0.05, 0.1) is 19.1 Å². The highest BCUT2D eigenvalue weighted by Crippen LogP contribution is 2.13. The van der Waals surface area contributed by atoms with E-state index >= 15 is 0 Å². The lowest BCUT2D eigenvalue weighted by atomic mass is 10.1. The van der Waals surface area contributed by atoms with Crippen LogP contribution in [0.15, 0.2) is 16.9 Å². The standard InChI is InChI=1S/C16H22N2O5/c1-10(2)5-12-6-11(7-14(19)17-12)16(22)18-3-4-23-13(9-18)8-15(20)21/h6-7,10,13H,3-5,8-9H2,1-2H3,(H,17,19)(H,20,21). The van der Waals surface area contributed by atoms with Gasteiger partial charge in [0.25, 0.3) is 5.91 Å². The van der Waals surface area contributed by atoms with Crippen molar-refractivity contribution < 1.29 is 19.4 Å². The van der Waals surface area contributed by atoms with Crippen LogP contribution in [0.1, 0.15) is 36.3 Å². The third kappa shape index (κ3) is 4.92. The molecule has 7 heteroatoms. The second kappa shape index (κ2) is 7.41. The van der Waals surface area contributed by atoms with Crippen LogP contribution in [-0.2, 0) is 16.0 Å². The van der Waals surface area contributed by atoms with Crippen LogP contribution in [0.2, 0.25) is 0 Å². The zero-order valence-electron chi connectivity index (χ0n) is 13.4. The van der Waals surface area contributed by atoms with Crippen LogP contribution >= 0.6 is 0 Å². The van der Waals surface area contributed by atoms with E-state index in [0.717, 1.165) is 5.69 Å². The maximum absolute atomic E-state index is 12.6. The molecule has 2 heterocycles. The quantitative estimate of drug-likeness (QED) is 0.838. The summed E-state index contributed by atoms with van der Waals surface area (Å²) in [4.78, 5) is 39.4. The van der Waals surface area contributed by atoms with Gasteiger partial charge in [-0.3, -0.25) is 14.4 Å². The van der Waals surface area contributed by atoms with E-state index in [-0.39, 0.29) is 24.4 Å².